The van der Waals surface area contributed by atoms with Gasteiger partial charge in [0.1, 0.15) is 11.4 Å². The number of pyridine rings is 1. The molecule has 0 fully saturated rings. The highest BCUT2D eigenvalue weighted by atomic mass is 35.5. The largest absolute Gasteiger partial charge is 0.543 e. The number of rotatable bonds is 1. The van der Waals surface area contributed by atoms with Crippen molar-refractivity contribution in [2.24, 2.45) is 0 Å². The van der Waals surface area contributed by atoms with Gasteiger partial charge in [-0.25, -0.2) is 4.98 Å². The second-order valence-corrected chi connectivity index (χ2v) is 3.22. The molecular formula is C7HCl2F3NO2-. The minimum Gasteiger partial charge on any atom is -0.543 e. The fourth-order valence-corrected chi connectivity index (χ4v) is 1.15. The van der Waals surface area contributed by atoms with E-state index in [-0.39, 0.29) is 0 Å². The van der Waals surface area contributed by atoms with Gasteiger partial charge >= 0.3 is 6.18 Å². The number of carbonyl (C=O) groups is 1. The topological polar surface area (TPSA) is 53.0 Å². The van der Waals surface area contributed by atoms with E-state index in [9.17, 15) is 23.1 Å². The lowest BCUT2D eigenvalue weighted by atomic mass is 10.3. The first-order chi connectivity index (χ1) is 6.73. The average Bonchev–Trinajstić information content (AvgIpc) is 2.06. The van der Waals surface area contributed by atoms with Gasteiger partial charge in [-0.05, 0) is 6.07 Å². The molecule has 0 aliphatic rings. The van der Waals surface area contributed by atoms with E-state index in [2.05, 4.69) is 4.98 Å². The zero-order chi connectivity index (χ0) is 11.8. The van der Waals surface area contributed by atoms with Crippen LogP contribution in [0.3, 0.4) is 0 Å². The quantitative estimate of drug-likeness (QED) is 0.772. The summed E-state index contributed by atoms with van der Waals surface area (Å²) in [6.07, 6.45) is -4.79. The second kappa shape index (κ2) is 3.86. The van der Waals surface area contributed by atoms with Crippen molar-refractivity contribution in [1.82, 2.24) is 4.98 Å². The summed E-state index contributed by atoms with van der Waals surface area (Å²) in [5.41, 5.74) is -2.47. The lowest BCUT2D eigenvalue weighted by Crippen LogP contribution is -2.25. The molecule has 0 atom stereocenters. The maximum Gasteiger partial charge on any atom is 0.433 e. The number of hydrogen-bond acceptors (Lipinski definition) is 3. The summed E-state index contributed by atoms with van der Waals surface area (Å²) < 4.78 is 36.5. The Morgan fingerprint density at radius 2 is 1.93 bits per heavy atom. The zero-order valence-corrected chi connectivity index (χ0v) is 8.24. The van der Waals surface area contributed by atoms with Crippen molar-refractivity contribution in [1.29, 1.82) is 0 Å². The third-order valence-electron chi connectivity index (χ3n) is 1.40. The first kappa shape index (κ1) is 12.1. The summed E-state index contributed by atoms with van der Waals surface area (Å²) in [5.74, 6) is -1.92. The molecule has 0 radical (unpaired) electrons. The highest BCUT2D eigenvalue weighted by Crippen LogP contribution is 2.33. The normalized spacial score (nSPS) is 11.5. The van der Waals surface area contributed by atoms with Crippen LogP contribution in [0, 0.1) is 0 Å². The third kappa shape index (κ3) is 2.51. The molecule has 3 nitrogen and oxygen atoms in total. The van der Waals surface area contributed by atoms with Crippen LogP contribution in [-0.4, -0.2) is 11.0 Å². The van der Waals surface area contributed by atoms with Crippen LogP contribution < -0.4 is 5.11 Å². The third-order valence-corrected chi connectivity index (χ3v) is 2.17. The van der Waals surface area contributed by atoms with Gasteiger partial charge in [-0.1, -0.05) is 23.2 Å². The molecule has 0 saturated heterocycles. The van der Waals surface area contributed by atoms with Gasteiger partial charge in [-0.2, -0.15) is 13.2 Å². The van der Waals surface area contributed by atoms with E-state index in [4.69, 9.17) is 23.2 Å². The highest BCUT2D eigenvalue weighted by molar-refractivity contribution is 6.43. The monoisotopic (exact) mass is 258 g/mol. The van der Waals surface area contributed by atoms with Crippen molar-refractivity contribution in [2.45, 2.75) is 6.18 Å². The van der Waals surface area contributed by atoms with E-state index >= 15 is 0 Å². The lowest BCUT2D eigenvalue weighted by Gasteiger charge is -2.11. The molecule has 1 rings (SSSR count). The number of aromatic carboxylic acids is 1. The summed E-state index contributed by atoms with van der Waals surface area (Å²) in [4.78, 5) is 13.2. The molecule has 82 valence electrons. The van der Waals surface area contributed by atoms with Crippen LogP contribution in [0.4, 0.5) is 13.2 Å². The molecular weight excluding hydrogens is 258 g/mol. The Morgan fingerprint density at radius 3 is 2.33 bits per heavy atom. The van der Waals surface area contributed by atoms with Crippen LogP contribution in [-0.2, 0) is 6.18 Å². The minimum absolute atomic E-state index is 0.441. The molecule has 0 spiro atoms. The number of alkyl halides is 3. The molecule has 0 bridgehead atoms. The van der Waals surface area contributed by atoms with E-state index in [1.807, 2.05) is 0 Å². The van der Waals surface area contributed by atoms with Crippen LogP contribution in [0.2, 0.25) is 10.0 Å². The van der Waals surface area contributed by atoms with Crippen molar-refractivity contribution in [2.75, 3.05) is 0 Å². The van der Waals surface area contributed by atoms with Gasteiger partial charge in [0.15, 0.2) is 0 Å². The Labute approximate surface area is 91.4 Å². The predicted octanol–water partition coefficient (Wildman–Crippen LogP) is 1.77. The van der Waals surface area contributed by atoms with Crippen molar-refractivity contribution < 1.29 is 23.1 Å². The average molecular weight is 259 g/mol. The number of hydrogen-bond donors (Lipinski definition) is 0. The Bertz CT molecular complexity index is 419. The highest BCUT2D eigenvalue weighted by Gasteiger charge is 2.34. The standard InChI is InChI=1S/C7H2Cl2F3NO2/c8-2-1-3(7(10,11)12)13-5(4(2)9)6(14)15/h1H,(H,14,15)/p-1. The first-order valence-corrected chi connectivity index (χ1v) is 4.13. The summed E-state index contributed by atoms with van der Waals surface area (Å²) in [6, 6.07) is 0.441. The maximum atomic E-state index is 12.2. The van der Waals surface area contributed by atoms with Crippen molar-refractivity contribution in [3.05, 3.63) is 27.5 Å². The molecule has 0 saturated carbocycles. The Hall–Kier alpha value is -1.01. The number of carboxylic acid groups (broad SMARTS) is 1. The Balaban J connectivity index is 3.43. The molecule has 15 heavy (non-hydrogen) atoms. The minimum atomic E-state index is -4.79. The van der Waals surface area contributed by atoms with Crippen molar-refractivity contribution in [3.8, 4) is 0 Å². The molecule has 0 aliphatic carbocycles. The molecule has 0 amide bonds. The number of halogens is 5. The van der Waals surface area contributed by atoms with Crippen LogP contribution >= 0.6 is 23.2 Å². The molecule has 0 N–H and O–H groups in total. The molecule has 1 aromatic heterocycles. The van der Waals surface area contributed by atoms with Crippen molar-refractivity contribution >= 4 is 29.2 Å². The number of carbonyl (C=O) groups excluding carboxylic acids is 1. The fourth-order valence-electron chi connectivity index (χ4n) is 0.779. The smallest absolute Gasteiger partial charge is 0.433 e. The van der Waals surface area contributed by atoms with E-state index < -0.39 is 33.6 Å². The van der Waals surface area contributed by atoms with Crippen LogP contribution in [0.1, 0.15) is 16.2 Å². The van der Waals surface area contributed by atoms with Crippen LogP contribution in [0.5, 0.6) is 0 Å². The zero-order valence-electron chi connectivity index (χ0n) is 6.73. The van der Waals surface area contributed by atoms with Gasteiger partial charge in [-0.3, -0.25) is 0 Å². The molecule has 1 heterocycles. The van der Waals surface area contributed by atoms with Crippen LogP contribution in [0.25, 0.3) is 0 Å². The Kier molecular flexibility index (Phi) is 3.11. The van der Waals surface area contributed by atoms with Gasteiger partial charge in [0.05, 0.1) is 16.0 Å². The second-order valence-electron chi connectivity index (χ2n) is 2.44. The number of aromatic nitrogens is 1. The van der Waals surface area contributed by atoms with Crippen molar-refractivity contribution in [3.63, 3.8) is 0 Å². The molecule has 0 unspecified atom stereocenters. The van der Waals surface area contributed by atoms with Gasteiger partial charge in [-0.15, -0.1) is 0 Å². The fraction of sp³-hybridized carbons (Fsp3) is 0.143. The van der Waals surface area contributed by atoms with E-state index in [1.165, 1.54) is 0 Å². The van der Waals surface area contributed by atoms with Gasteiger partial charge in [0.25, 0.3) is 0 Å². The van der Waals surface area contributed by atoms with Crippen LogP contribution in [0.15, 0.2) is 6.07 Å². The molecule has 8 heteroatoms. The first-order valence-electron chi connectivity index (χ1n) is 3.38. The molecule has 0 aliphatic heterocycles. The Morgan fingerprint density at radius 1 is 1.40 bits per heavy atom. The van der Waals surface area contributed by atoms with Gasteiger partial charge in [0.2, 0.25) is 0 Å². The van der Waals surface area contributed by atoms with E-state index in [0.29, 0.717) is 6.07 Å². The van der Waals surface area contributed by atoms with E-state index in [1.54, 1.807) is 0 Å². The number of carboxylic acids is 1. The lowest BCUT2D eigenvalue weighted by molar-refractivity contribution is -0.255. The molecule has 0 aromatic carbocycles. The summed E-state index contributed by atoms with van der Waals surface area (Å²) >= 11 is 10.6. The summed E-state index contributed by atoms with van der Waals surface area (Å²) in [5, 5.41) is 9.25. The van der Waals surface area contributed by atoms with Gasteiger partial charge in [0, 0.05) is 0 Å². The predicted molar refractivity (Wildman–Crippen MR) is 43.6 cm³/mol. The van der Waals surface area contributed by atoms with E-state index in [0.717, 1.165) is 0 Å². The maximum absolute atomic E-state index is 12.2. The summed E-state index contributed by atoms with van der Waals surface area (Å²) in [7, 11) is 0. The van der Waals surface area contributed by atoms with Gasteiger partial charge < -0.3 is 9.90 Å². The summed E-state index contributed by atoms with van der Waals surface area (Å²) in [6.45, 7) is 0. The number of nitrogens with zero attached hydrogens (tertiary/aromatic N) is 1. The SMILES string of the molecule is O=C([O-])c1nc(C(F)(F)F)cc(Cl)c1Cl. The molecule has 1 aromatic rings.